The lowest BCUT2D eigenvalue weighted by molar-refractivity contribution is 0.276. The van der Waals surface area contributed by atoms with Crippen LogP contribution in [0.3, 0.4) is 0 Å². The maximum absolute atomic E-state index is 5.82. The second kappa shape index (κ2) is 5.75. The molecule has 21 heavy (non-hydrogen) atoms. The van der Waals surface area contributed by atoms with Crippen LogP contribution in [0.25, 0.3) is 10.9 Å². The summed E-state index contributed by atoms with van der Waals surface area (Å²) >= 11 is 0. The predicted molar refractivity (Wildman–Crippen MR) is 82.6 cm³/mol. The number of hydrogen-bond acceptors (Lipinski definition) is 4. The Balaban J connectivity index is 1.71. The molecule has 1 aromatic heterocycles. The third kappa shape index (κ3) is 2.76. The Morgan fingerprint density at radius 1 is 1.14 bits per heavy atom. The lowest BCUT2D eigenvalue weighted by atomic mass is 10.2. The minimum atomic E-state index is 0.506. The molecule has 0 saturated carbocycles. The largest absolute Gasteiger partial charge is 0.493 e. The molecule has 2 aromatic carbocycles. The van der Waals surface area contributed by atoms with E-state index >= 15 is 0 Å². The molecule has 0 radical (unpaired) electrons. The van der Waals surface area contributed by atoms with Gasteiger partial charge in [0.25, 0.3) is 0 Å². The number of para-hydroxylation sites is 2. The van der Waals surface area contributed by atoms with E-state index in [-0.39, 0.29) is 0 Å². The van der Waals surface area contributed by atoms with E-state index in [1.165, 1.54) is 0 Å². The van der Waals surface area contributed by atoms with E-state index in [9.17, 15) is 0 Å². The zero-order chi connectivity index (χ0) is 14.7. The van der Waals surface area contributed by atoms with Crippen molar-refractivity contribution in [2.24, 2.45) is 0 Å². The molecular formula is C16H17N3O2. The third-order valence-corrected chi connectivity index (χ3v) is 3.30. The minimum Gasteiger partial charge on any atom is -0.493 e. The first-order valence-corrected chi connectivity index (χ1v) is 6.75. The van der Waals surface area contributed by atoms with Gasteiger partial charge in [-0.05, 0) is 30.3 Å². The van der Waals surface area contributed by atoms with Gasteiger partial charge in [0, 0.05) is 11.1 Å². The van der Waals surface area contributed by atoms with Crippen LogP contribution in [0.2, 0.25) is 0 Å². The molecule has 0 atom stereocenters. The molecule has 2 N–H and O–H groups in total. The summed E-state index contributed by atoms with van der Waals surface area (Å²) in [7, 11) is 1.63. The highest BCUT2D eigenvalue weighted by Crippen LogP contribution is 2.25. The number of nitrogens with zero attached hydrogens (tertiary/aromatic N) is 2. The van der Waals surface area contributed by atoms with Gasteiger partial charge >= 0.3 is 0 Å². The van der Waals surface area contributed by atoms with Gasteiger partial charge in [0.1, 0.15) is 6.61 Å². The van der Waals surface area contributed by atoms with Gasteiger partial charge in [-0.2, -0.15) is 5.10 Å². The number of rotatable bonds is 5. The first kappa shape index (κ1) is 13.3. The Morgan fingerprint density at radius 2 is 1.95 bits per heavy atom. The number of nitrogen functional groups attached to an aromatic ring is 1. The smallest absolute Gasteiger partial charge is 0.161 e. The maximum atomic E-state index is 5.82. The summed E-state index contributed by atoms with van der Waals surface area (Å²) in [6.45, 7) is 1.15. The molecule has 3 aromatic rings. The maximum Gasteiger partial charge on any atom is 0.161 e. The summed E-state index contributed by atoms with van der Waals surface area (Å²) < 4.78 is 12.9. The van der Waals surface area contributed by atoms with Crippen LogP contribution >= 0.6 is 0 Å². The number of nitrogens with two attached hydrogens (primary N) is 1. The summed E-state index contributed by atoms with van der Waals surface area (Å²) in [6, 6.07) is 13.4. The monoisotopic (exact) mass is 283 g/mol. The molecule has 0 aliphatic heterocycles. The van der Waals surface area contributed by atoms with Crippen molar-refractivity contribution in [3.05, 3.63) is 48.7 Å². The van der Waals surface area contributed by atoms with Crippen molar-refractivity contribution in [3.63, 3.8) is 0 Å². The predicted octanol–water partition coefficient (Wildman–Crippen LogP) is 2.71. The Hall–Kier alpha value is -2.69. The van der Waals surface area contributed by atoms with Crippen LogP contribution in [0, 0.1) is 0 Å². The lowest BCUT2D eigenvalue weighted by Crippen LogP contribution is -2.09. The highest BCUT2D eigenvalue weighted by molar-refractivity contribution is 5.81. The molecule has 0 unspecified atom stereocenters. The lowest BCUT2D eigenvalue weighted by Gasteiger charge is -2.10. The van der Waals surface area contributed by atoms with E-state index in [4.69, 9.17) is 15.2 Å². The van der Waals surface area contributed by atoms with Crippen molar-refractivity contribution >= 4 is 16.6 Å². The summed E-state index contributed by atoms with van der Waals surface area (Å²) in [5.41, 5.74) is 7.56. The van der Waals surface area contributed by atoms with Gasteiger partial charge in [0.2, 0.25) is 0 Å². The SMILES string of the molecule is COc1ccccc1OCCn1ncc2ccc(N)cc21. The molecule has 0 spiro atoms. The molecule has 5 heteroatoms. The van der Waals surface area contributed by atoms with E-state index < -0.39 is 0 Å². The topological polar surface area (TPSA) is 62.3 Å². The summed E-state index contributed by atoms with van der Waals surface area (Å²) in [4.78, 5) is 0. The summed E-state index contributed by atoms with van der Waals surface area (Å²) in [5, 5.41) is 5.43. The van der Waals surface area contributed by atoms with Crippen LogP contribution in [-0.4, -0.2) is 23.5 Å². The summed E-state index contributed by atoms with van der Waals surface area (Å²) in [5.74, 6) is 1.46. The average molecular weight is 283 g/mol. The number of anilines is 1. The summed E-state index contributed by atoms with van der Waals surface area (Å²) in [6.07, 6.45) is 1.83. The quantitative estimate of drug-likeness (QED) is 0.731. The molecule has 0 aliphatic rings. The van der Waals surface area contributed by atoms with Gasteiger partial charge in [-0.3, -0.25) is 4.68 Å². The average Bonchev–Trinajstić information content (AvgIpc) is 2.90. The van der Waals surface area contributed by atoms with E-state index in [1.54, 1.807) is 7.11 Å². The van der Waals surface area contributed by atoms with E-state index in [0.717, 1.165) is 28.1 Å². The first-order chi connectivity index (χ1) is 10.3. The molecule has 0 aliphatic carbocycles. The van der Waals surface area contributed by atoms with Crippen LogP contribution in [0.15, 0.2) is 48.7 Å². The van der Waals surface area contributed by atoms with Crippen LogP contribution in [0.5, 0.6) is 11.5 Å². The van der Waals surface area contributed by atoms with Gasteiger partial charge in [-0.25, -0.2) is 0 Å². The third-order valence-electron chi connectivity index (χ3n) is 3.30. The highest BCUT2D eigenvalue weighted by atomic mass is 16.5. The molecule has 108 valence electrons. The fourth-order valence-corrected chi connectivity index (χ4v) is 2.25. The molecule has 0 saturated heterocycles. The van der Waals surface area contributed by atoms with Crippen LogP contribution in [0.4, 0.5) is 5.69 Å². The number of ether oxygens (including phenoxy) is 2. The zero-order valence-corrected chi connectivity index (χ0v) is 11.8. The minimum absolute atomic E-state index is 0.506. The van der Waals surface area contributed by atoms with Gasteiger partial charge in [-0.1, -0.05) is 12.1 Å². The fourth-order valence-electron chi connectivity index (χ4n) is 2.25. The van der Waals surface area contributed by atoms with Crippen LogP contribution in [-0.2, 0) is 6.54 Å². The molecule has 0 bridgehead atoms. The number of methoxy groups -OCH3 is 1. The normalized spacial score (nSPS) is 10.7. The van der Waals surface area contributed by atoms with Crippen molar-refractivity contribution in [2.75, 3.05) is 19.5 Å². The molecule has 0 amide bonds. The number of benzene rings is 2. The van der Waals surface area contributed by atoms with Gasteiger partial charge in [-0.15, -0.1) is 0 Å². The van der Waals surface area contributed by atoms with Crippen molar-refractivity contribution in [1.82, 2.24) is 9.78 Å². The van der Waals surface area contributed by atoms with Gasteiger partial charge in [0.15, 0.2) is 11.5 Å². The van der Waals surface area contributed by atoms with Crippen molar-refractivity contribution < 1.29 is 9.47 Å². The zero-order valence-electron chi connectivity index (χ0n) is 11.8. The number of hydrogen-bond donors (Lipinski definition) is 1. The number of fused-ring (bicyclic) bond motifs is 1. The first-order valence-electron chi connectivity index (χ1n) is 6.75. The highest BCUT2D eigenvalue weighted by Gasteiger charge is 2.05. The van der Waals surface area contributed by atoms with Crippen molar-refractivity contribution in [2.45, 2.75) is 6.54 Å². The molecular weight excluding hydrogens is 266 g/mol. The fraction of sp³-hybridized carbons (Fsp3) is 0.188. The van der Waals surface area contributed by atoms with Crippen LogP contribution in [0.1, 0.15) is 0 Å². The van der Waals surface area contributed by atoms with Crippen molar-refractivity contribution in [1.29, 1.82) is 0 Å². The van der Waals surface area contributed by atoms with Crippen LogP contribution < -0.4 is 15.2 Å². The standard InChI is InChI=1S/C16H17N3O2/c1-20-15-4-2-3-5-16(15)21-9-8-19-14-10-13(17)7-6-12(14)11-18-19/h2-7,10-11H,8-9,17H2,1H3. The molecule has 5 nitrogen and oxygen atoms in total. The second-order valence-electron chi connectivity index (χ2n) is 4.69. The molecule has 0 fully saturated rings. The Labute approximate surface area is 122 Å². The Morgan fingerprint density at radius 3 is 2.76 bits per heavy atom. The van der Waals surface area contributed by atoms with Gasteiger partial charge < -0.3 is 15.2 Å². The van der Waals surface area contributed by atoms with Gasteiger partial charge in [0.05, 0.1) is 25.4 Å². The van der Waals surface area contributed by atoms with E-state index in [0.29, 0.717) is 13.2 Å². The van der Waals surface area contributed by atoms with E-state index in [2.05, 4.69) is 5.10 Å². The second-order valence-corrected chi connectivity index (χ2v) is 4.69. The molecule has 3 rings (SSSR count). The Kier molecular flexibility index (Phi) is 3.64. The number of aromatic nitrogens is 2. The van der Waals surface area contributed by atoms with E-state index in [1.807, 2.05) is 53.3 Å². The van der Waals surface area contributed by atoms with Crippen molar-refractivity contribution in [3.8, 4) is 11.5 Å². The molecule has 1 heterocycles. The Bertz CT molecular complexity index is 752.